The lowest BCUT2D eigenvalue weighted by Gasteiger charge is -2.33. The Morgan fingerprint density at radius 2 is 1.68 bits per heavy atom. The molecule has 2 N–H and O–H groups in total. The van der Waals surface area contributed by atoms with Crippen LogP contribution in [0.1, 0.15) is 12.5 Å². The Bertz CT molecular complexity index is 1520. The van der Waals surface area contributed by atoms with Crippen molar-refractivity contribution < 1.29 is 18.0 Å². The Hall–Kier alpha value is -2.64. The Morgan fingerprint density at radius 3 is 2.26 bits per heavy atom. The summed E-state index contributed by atoms with van der Waals surface area (Å²) in [5.74, 6) is -0.237. The number of primary amides is 1. The van der Waals surface area contributed by atoms with E-state index >= 15 is 0 Å². The molecular formula is C24H23BrCl2N6O4S. The molecule has 10 nitrogen and oxygen atoms in total. The summed E-state index contributed by atoms with van der Waals surface area (Å²) in [5, 5.41) is 0.517. The number of imidazole rings is 1. The lowest BCUT2D eigenvalue weighted by Crippen LogP contribution is -2.52. The van der Waals surface area contributed by atoms with E-state index in [1.807, 2.05) is 24.3 Å². The smallest absolute Gasteiger partial charge is 0.314 e. The third-order valence-electron chi connectivity index (χ3n) is 6.79. The number of rotatable bonds is 5. The first-order valence-electron chi connectivity index (χ1n) is 11.6. The lowest BCUT2D eigenvalue weighted by atomic mass is 9.92. The van der Waals surface area contributed by atoms with Gasteiger partial charge in [-0.2, -0.15) is 4.31 Å². The van der Waals surface area contributed by atoms with Crippen molar-refractivity contribution in [3.8, 4) is 0 Å². The molecule has 0 bridgehead atoms. The van der Waals surface area contributed by atoms with Crippen LogP contribution in [0.2, 0.25) is 10.0 Å². The number of hydrogen-bond donors (Lipinski definition) is 1. The quantitative estimate of drug-likeness (QED) is 0.452. The van der Waals surface area contributed by atoms with Crippen LogP contribution in [-0.2, 0) is 26.8 Å². The number of halogens is 3. The van der Waals surface area contributed by atoms with Gasteiger partial charge in [0.15, 0.2) is 5.03 Å². The second kappa shape index (κ2) is 9.83. The standard InChI is InChI=1S/C24H23BrCl2N6O4S/c1-24(13-15-2-4-16(25)5-3-15)21(34)32(19-11-17(26)10-18(27)12-19)23-29-14-20(33(23)24)38(36,37)31-8-6-30(7-9-31)22(28)35/h2-5,10-12,14H,6-9,13H2,1H3,(H2,28,35). The number of piperazine rings is 1. The third kappa shape index (κ3) is 4.58. The SMILES string of the molecule is CC1(Cc2ccc(Br)cc2)C(=O)N(c2cc(Cl)cc(Cl)c2)c2ncc(S(=O)(=O)N3CCN(C(N)=O)CC3)n21. The van der Waals surface area contributed by atoms with Gasteiger partial charge >= 0.3 is 6.03 Å². The average molecular weight is 642 g/mol. The molecule has 2 aliphatic rings. The number of sulfonamides is 1. The van der Waals surface area contributed by atoms with E-state index in [1.165, 1.54) is 24.9 Å². The first-order valence-corrected chi connectivity index (χ1v) is 14.6. The van der Waals surface area contributed by atoms with Gasteiger partial charge in [0.05, 0.1) is 11.9 Å². The summed E-state index contributed by atoms with van der Waals surface area (Å²) in [6.07, 6.45) is 1.46. The van der Waals surface area contributed by atoms with E-state index in [0.29, 0.717) is 15.7 Å². The van der Waals surface area contributed by atoms with Gasteiger partial charge in [0.1, 0.15) is 5.54 Å². The summed E-state index contributed by atoms with van der Waals surface area (Å²) in [5.41, 5.74) is 5.21. The molecule has 200 valence electrons. The molecule has 14 heteroatoms. The topological polar surface area (TPSA) is 122 Å². The van der Waals surface area contributed by atoms with Crippen LogP contribution in [0.15, 0.2) is 58.2 Å². The number of carbonyl (C=O) groups is 2. The molecule has 1 atom stereocenters. The van der Waals surface area contributed by atoms with Gasteiger partial charge in [0, 0.05) is 47.1 Å². The maximum atomic E-state index is 14.1. The van der Waals surface area contributed by atoms with Crippen LogP contribution >= 0.6 is 39.1 Å². The van der Waals surface area contributed by atoms with Crippen molar-refractivity contribution in [2.75, 3.05) is 31.1 Å². The summed E-state index contributed by atoms with van der Waals surface area (Å²) in [7, 11) is -4.09. The zero-order chi connectivity index (χ0) is 27.4. The molecule has 0 aliphatic carbocycles. The van der Waals surface area contributed by atoms with Gasteiger partial charge in [-0.3, -0.25) is 9.36 Å². The van der Waals surface area contributed by atoms with Gasteiger partial charge in [-0.15, -0.1) is 0 Å². The number of fused-ring (bicyclic) bond motifs is 1. The molecule has 5 rings (SSSR count). The molecule has 0 spiro atoms. The number of anilines is 2. The molecular weight excluding hydrogens is 619 g/mol. The van der Waals surface area contributed by atoms with Crippen molar-refractivity contribution in [2.24, 2.45) is 5.73 Å². The van der Waals surface area contributed by atoms with Crippen molar-refractivity contribution in [3.63, 3.8) is 0 Å². The Kier molecular flexibility index (Phi) is 6.97. The molecule has 2 aromatic carbocycles. The zero-order valence-electron chi connectivity index (χ0n) is 20.1. The predicted octanol–water partition coefficient (Wildman–Crippen LogP) is 3.97. The lowest BCUT2D eigenvalue weighted by molar-refractivity contribution is -0.124. The van der Waals surface area contributed by atoms with E-state index in [4.69, 9.17) is 28.9 Å². The summed E-state index contributed by atoms with van der Waals surface area (Å²) in [4.78, 5) is 32.8. The molecule has 0 radical (unpaired) electrons. The highest BCUT2D eigenvalue weighted by atomic mass is 79.9. The first-order chi connectivity index (χ1) is 17.9. The Labute approximate surface area is 238 Å². The number of urea groups is 1. The molecule has 38 heavy (non-hydrogen) atoms. The Balaban J connectivity index is 1.62. The second-order valence-corrected chi connectivity index (χ2v) is 13.0. The largest absolute Gasteiger partial charge is 0.351 e. The minimum atomic E-state index is -4.09. The first kappa shape index (κ1) is 26.9. The van der Waals surface area contributed by atoms with Crippen LogP contribution in [0, 0.1) is 0 Å². The van der Waals surface area contributed by atoms with E-state index in [9.17, 15) is 18.0 Å². The van der Waals surface area contributed by atoms with E-state index in [-0.39, 0.29) is 49.5 Å². The molecule has 1 fully saturated rings. The molecule has 1 aromatic heterocycles. The fourth-order valence-corrected chi connectivity index (χ4v) is 7.28. The van der Waals surface area contributed by atoms with Crippen LogP contribution < -0.4 is 10.6 Å². The summed E-state index contributed by atoms with van der Waals surface area (Å²) in [6, 6.07) is 11.6. The maximum absolute atomic E-state index is 14.1. The van der Waals surface area contributed by atoms with E-state index < -0.39 is 21.6 Å². The summed E-state index contributed by atoms with van der Waals surface area (Å²) in [6.45, 7) is 2.15. The number of nitrogens with two attached hydrogens (primary N) is 1. The van der Waals surface area contributed by atoms with E-state index in [2.05, 4.69) is 20.9 Å². The van der Waals surface area contributed by atoms with Crippen LogP contribution in [0.3, 0.4) is 0 Å². The van der Waals surface area contributed by atoms with Gasteiger partial charge in [0.25, 0.3) is 15.9 Å². The minimum Gasteiger partial charge on any atom is -0.351 e. The molecule has 1 saturated heterocycles. The monoisotopic (exact) mass is 640 g/mol. The fourth-order valence-electron chi connectivity index (χ4n) is 4.89. The van der Waals surface area contributed by atoms with Gasteiger partial charge < -0.3 is 10.6 Å². The summed E-state index contributed by atoms with van der Waals surface area (Å²) >= 11 is 15.9. The summed E-state index contributed by atoms with van der Waals surface area (Å²) < 4.78 is 31.4. The molecule has 3 amide bonds. The third-order valence-corrected chi connectivity index (χ3v) is 9.62. The average Bonchev–Trinajstić information content (AvgIpc) is 3.39. The number of aromatic nitrogens is 2. The highest BCUT2D eigenvalue weighted by Crippen LogP contribution is 2.45. The van der Waals surface area contributed by atoms with Crippen LogP contribution in [0.25, 0.3) is 0 Å². The number of hydrogen-bond acceptors (Lipinski definition) is 5. The van der Waals surface area contributed by atoms with Gasteiger partial charge in [-0.25, -0.2) is 23.1 Å². The maximum Gasteiger partial charge on any atom is 0.314 e. The minimum absolute atomic E-state index is 0.0662. The highest BCUT2D eigenvalue weighted by molar-refractivity contribution is 9.10. The van der Waals surface area contributed by atoms with Crippen molar-refractivity contribution in [1.82, 2.24) is 18.8 Å². The second-order valence-electron chi connectivity index (χ2n) is 9.31. The number of benzene rings is 2. The van der Waals surface area contributed by atoms with Crippen molar-refractivity contribution in [3.05, 3.63) is 68.7 Å². The Morgan fingerprint density at radius 1 is 1.08 bits per heavy atom. The highest BCUT2D eigenvalue weighted by Gasteiger charge is 2.52. The van der Waals surface area contributed by atoms with Gasteiger partial charge in [0.2, 0.25) is 5.95 Å². The normalized spacial score (nSPS) is 20.2. The van der Waals surface area contributed by atoms with Crippen LogP contribution in [-0.4, -0.2) is 65.3 Å². The molecule has 2 aliphatic heterocycles. The van der Waals surface area contributed by atoms with E-state index in [1.54, 1.807) is 25.1 Å². The van der Waals surface area contributed by atoms with Crippen molar-refractivity contribution in [2.45, 2.75) is 23.9 Å². The van der Waals surface area contributed by atoms with Gasteiger partial charge in [-0.05, 0) is 42.8 Å². The fraction of sp³-hybridized carbons (Fsp3) is 0.292. The van der Waals surface area contributed by atoms with Crippen LogP contribution in [0.5, 0.6) is 0 Å². The number of amides is 3. The number of nitrogens with zero attached hydrogens (tertiary/aromatic N) is 5. The van der Waals surface area contributed by atoms with E-state index in [0.717, 1.165) is 10.0 Å². The van der Waals surface area contributed by atoms with Crippen molar-refractivity contribution >= 4 is 72.7 Å². The molecule has 1 unspecified atom stereocenters. The zero-order valence-corrected chi connectivity index (χ0v) is 24.1. The van der Waals surface area contributed by atoms with Crippen LogP contribution in [0.4, 0.5) is 16.4 Å². The molecule has 3 heterocycles. The predicted molar refractivity (Wildman–Crippen MR) is 147 cm³/mol. The molecule has 0 saturated carbocycles. The molecule has 3 aromatic rings. The number of carbonyl (C=O) groups excluding carboxylic acids is 2. The van der Waals surface area contributed by atoms with Gasteiger partial charge in [-0.1, -0.05) is 51.3 Å². The van der Waals surface area contributed by atoms with Crippen molar-refractivity contribution in [1.29, 1.82) is 0 Å².